The van der Waals surface area contributed by atoms with E-state index in [0.29, 0.717) is 17.7 Å². The fourth-order valence-corrected chi connectivity index (χ4v) is 7.11. The molecule has 0 bridgehead atoms. The maximum atomic E-state index is 13.2. The van der Waals surface area contributed by atoms with Gasteiger partial charge in [-0.3, -0.25) is 14.7 Å². The van der Waals surface area contributed by atoms with Gasteiger partial charge in [-0.2, -0.15) is 0 Å². The number of para-hydroxylation sites is 1. The summed E-state index contributed by atoms with van der Waals surface area (Å²) in [4.78, 5) is 27.9. The van der Waals surface area contributed by atoms with Crippen LogP contribution < -0.4 is 4.72 Å². The van der Waals surface area contributed by atoms with Crippen molar-refractivity contribution in [1.29, 1.82) is 0 Å². The van der Waals surface area contributed by atoms with Crippen LogP contribution in [-0.2, 0) is 21.2 Å². The molecule has 1 atom stereocenters. The zero-order chi connectivity index (χ0) is 35.3. The van der Waals surface area contributed by atoms with E-state index in [1.807, 2.05) is 35.8 Å². The summed E-state index contributed by atoms with van der Waals surface area (Å²) in [6.07, 6.45) is 3.98. The number of ether oxygens (including phenoxy) is 1. The Kier molecular flexibility index (Phi) is 10.2. The van der Waals surface area contributed by atoms with E-state index in [-0.39, 0.29) is 18.0 Å². The zero-order valence-corrected chi connectivity index (χ0v) is 29.5. The molecule has 12 heteroatoms. The highest BCUT2D eigenvalue weighted by Crippen LogP contribution is 2.31. The number of amides is 1. The molecule has 0 aliphatic rings. The van der Waals surface area contributed by atoms with Gasteiger partial charge in [-0.15, -0.1) is 11.3 Å². The molecule has 3 heterocycles. The molecule has 3 aromatic carbocycles. The van der Waals surface area contributed by atoms with Gasteiger partial charge in [-0.05, 0) is 75.2 Å². The van der Waals surface area contributed by atoms with Gasteiger partial charge >= 0.3 is 6.09 Å². The number of fused-ring (bicyclic) bond motifs is 1. The Morgan fingerprint density at radius 3 is 2.44 bits per heavy atom. The molecule has 0 unspecified atom stereocenters. The monoisotopic (exact) mass is 707 g/mol. The summed E-state index contributed by atoms with van der Waals surface area (Å²) in [5.41, 5.74) is 4.64. The quantitative estimate of drug-likeness (QED) is 0.140. The number of hydrogen-bond acceptors (Lipinski definition) is 9. The summed E-state index contributed by atoms with van der Waals surface area (Å²) in [6.45, 7) is 5.68. The van der Waals surface area contributed by atoms with Gasteiger partial charge in [-0.25, -0.2) is 18.2 Å². The first-order chi connectivity index (χ1) is 23.9. The highest BCUT2D eigenvalue weighted by Gasteiger charge is 2.25. The molecule has 50 heavy (non-hydrogen) atoms. The van der Waals surface area contributed by atoms with Crippen LogP contribution >= 0.6 is 11.3 Å². The number of thiazole rings is 1. The molecule has 0 aliphatic carbocycles. The number of carbonyl (C=O) groups is 1. The van der Waals surface area contributed by atoms with Gasteiger partial charge in [0.25, 0.3) is 10.0 Å². The fraction of sp³-hybridized carbons (Fsp3) is 0.211. The Morgan fingerprint density at radius 1 is 0.960 bits per heavy atom. The predicted molar refractivity (Wildman–Crippen MR) is 196 cm³/mol. The predicted octanol–water partition coefficient (Wildman–Crippen LogP) is 7.73. The van der Waals surface area contributed by atoms with Crippen molar-refractivity contribution in [3.8, 4) is 21.8 Å². The van der Waals surface area contributed by atoms with Crippen LogP contribution in [0.5, 0.6) is 0 Å². The third kappa shape index (κ3) is 8.70. The lowest BCUT2D eigenvalue weighted by Gasteiger charge is -2.29. The van der Waals surface area contributed by atoms with E-state index in [4.69, 9.17) is 9.72 Å². The standard InChI is InChI=1S/C38H37N5O5S2/c1-38(2,3)48-37(45)43(24-35(44)29-8-6-19-39-22-29)20-18-26-10-14-31(15-11-26)42-50(46,47)32-16-12-27(13-17-32)36-41-34(25-49-36)30-21-28-7-4-5-9-33(28)40-23-30/h4-17,19,21-23,25,35,42,44H,18,20,24H2,1-3H3/t35-/m0/s1. The largest absolute Gasteiger partial charge is 0.444 e. The van der Waals surface area contributed by atoms with Gasteiger partial charge in [0.2, 0.25) is 0 Å². The molecule has 0 saturated carbocycles. The first-order valence-corrected chi connectivity index (χ1v) is 18.4. The summed E-state index contributed by atoms with van der Waals surface area (Å²) in [5.74, 6) is 0. The summed E-state index contributed by atoms with van der Waals surface area (Å²) in [7, 11) is -3.86. The third-order valence-corrected chi connectivity index (χ3v) is 10.1. The molecule has 0 fully saturated rings. The zero-order valence-electron chi connectivity index (χ0n) is 27.9. The van der Waals surface area contributed by atoms with Gasteiger partial charge in [0.05, 0.1) is 28.8 Å². The van der Waals surface area contributed by atoms with Gasteiger partial charge < -0.3 is 14.7 Å². The van der Waals surface area contributed by atoms with E-state index in [1.165, 1.54) is 16.2 Å². The van der Waals surface area contributed by atoms with Crippen molar-refractivity contribution in [2.24, 2.45) is 0 Å². The van der Waals surface area contributed by atoms with E-state index < -0.39 is 27.8 Å². The minimum absolute atomic E-state index is 0.0307. The smallest absolute Gasteiger partial charge is 0.410 e. The van der Waals surface area contributed by atoms with Crippen LogP contribution in [-0.4, -0.2) is 58.2 Å². The Bertz CT molecular complexity index is 2180. The summed E-state index contributed by atoms with van der Waals surface area (Å²) in [5, 5.41) is 14.5. The first-order valence-electron chi connectivity index (χ1n) is 16.0. The lowest BCUT2D eigenvalue weighted by molar-refractivity contribution is 0.0146. The number of sulfonamides is 1. The van der Waals surface area contributed by atoms with Crippen LogP contribution in [0, 0.1) is 0 Å². The molecule has 0 spiro atoms. The van der Waals surface area contributed by atoms with E-state index >= 15 is 0 Å². The van der Waals surface area contributed by atoms with Crippen molar-refractivity contribution in [2.45, 2.75) is 43.8 Å². The summed E-state index contributed by atoms with van der Waals surface area (Å²) < 4.78 is 34.7. The highest BCUT2D eigenvalue weighted by atomic mass is 32.2. The minimum atomic E-state index is -3.86. The normalized spacial score (nSPS) is 12.4. The van der Waals surface area contributed by atoms with Crippen molar-refractivity contribution in [1.82, 2.24) is 19.9 Å². The molecule has 3 aromatic heterocycles. The van der Waals surface area contributed by atoms with Crippen LogP contribution in [0.15, 0.2) is 120 Å². The molecule has 0 aliphatic heterocycles. The SMILES string of the molecule is CC(C)(C)OC(=O)N(CCc1ccc(NS(=O)(=O)c2ccc(-c3nc(-c4cnc5ccccc5c4)cs3)cc2)cc1)C[C@H](O)c1cccnc1. The Hall–Kier alpha value is -5.17. The number of nitrogens with zero attached hydrogens (tertiary/aromatic N) is 4. The van der Waals surface area contributed by atoms with E-state index in [9.17, 15) is 18.3 Å². The van der Waals surface area contributed by atoms with Crippen molar-refractivity contribution in [2.75, 3.05) is 17.8 Å². The molecule has 10 nitrogen and oxygen atoms in total. The summed E-state index contributed by atoms with van der Waals surface area (Å²) in [6, 6.07) is 27.1. The van der Waals surface area contributed by atoms with Crippen molar-refractivity contribution >= 4 is 44.0 Å². The number of pyridine rings is 2. The maximum Gasteiger partial charge on any atom is 0.410 e. The van der Waals surface area contributed by atoms with Gasteiger partial charge in [0.15, 0.2) is 0 Å². The van der Waals surface area contributed by atoms with Crippen molar-refractivity contribution < 1.29 is 23.1 Å². The number of nitrogens with one attached hydrogen (secondary N) is 1. The average Bonchev–Trinajstić information content (AvgIpc) is 3.60. The number of anilines is 1. The molecular weight excluding hydrogens is 671 g/mol. The van der Waals surface area contributed by atoms with Gasteiger partial charge in [0.1, 0.15) is 10.6 Å². The van der Waals surface area contributed by atoms with Crippen LogP contribution in [0.25, 0.3) is 32.7 Å². The number of benzene rings is 3. The third-order valence-electron chi connectivity index (χ3n) is 7.79. The van der Waals surface area contributed by atoms with Crippen molar-refractivity contribution in [3.63, 3.8) is 0 Å². The Balaban J connectivity index is 1.08. The maximum absolute atomic E-state index is 13.2. The molecule has 6 aromatic rings. The second kappa shape index (κ2) is 14.8. The lowest BCUT2D eigenvalue weighted by Crippen LogP contribution is -2.40. The van der Waals surface area contributed by atoms with E-state index in [1.54, 1.807) is 93.8 Å². The molecule has 256 valence electrons. The minimum Gasteiger partial charge on any atom is -0.444 e. The number of aliphatic hydroxyl groups is 1. The Labute approximate surface area is 295 Å². The van der Waals surface area contributed by atoms with Crippen LogP contribution in [0.2, 0.25) is 0 Å². The van der Waals surface area contributed by atoms with Crippen LogP contribution in [0.1, 0.15) is 38.0 Å². The van der Waals surface area contributed by atoms with Gasteiger partial charge in [0, 0.05) is 58.3 Å². The number of aliphatic hydroxyl groups excluding tert-OH is 1. The topological polar surface area (TPSA) is 135 Å². The highest BCUT2D eigenvalue weighted by molar-refractivity contribution is 7.92. The number of hydrogen-bond donors (Lipinski definition) is 2. The molecule has 1 amide bonds. The average molecular weight is 708 g/mol. The number of rotatable bonds is 11. The summed E-state index contributed by atoms with van der Waals surface area (Å²) >= 11 is 1.48. The number of carbonyl (C=O) groups excluding carboxylic acids is 1. The molecule has 0 saturated heterocycles. The van der Waals surface area contributed by atoms with Crippen LogP contribution in [0.3, 0.4) is 0 Å². The Morgan fingerprint density at radius 2 is 1.72 bits per heavy atom. The molecule has 0 radical (unpaired) electrons. The number of aromatic nitrogens is 3. The fourth-order valence-electron chi connectivity index (χ4n) is 5.22. The van der Waals surface area contributed by atoms with Gasteiger partial charge in [-0.1, -0.05) is 48.5 Å². The van der Waals surface area contributed by atoms with E-state index in [0.717, 1.165) is 38.3 Å². The van der Waals surface area contributed by atoms with E-state index in [2.05, 4.69) is 20.8 Å². The first kappa shape index (κ1) is 34.7. The second-order valence-corrected chi connectivity index (χ2v) is 15.3. The molecule has 2 N–H and O–H groups in total. The lowest BCUT2D eigenvalue weighted by atomic mass is 10.1. The second-order valence-electron chi connectivity index (χ2n) is 12.8. The van der Waals surface area contributed by atoms with Crippen molar-refractivity contribution in [3.05, 3.63) is 126 Å². The molecular formula is C38H37N5O5S2. The molecule has 6 rings (SSSR count). The van der Waals surface area contributed by atoms with Crippen LogP contribution in [0.4, 0.5) is 10.5 Å².